The Labute approximate surface area is 80.3 Å². The Bertz CT molecular complexity index is 422. The summed E-state index contributed by atoms with van der Waals surface area (Å²) in [5, 5.41) is 0.594. The zero-order valence-corrected chi connectivity index (χ0v) is 8.01. The molecule has 0 fully saturated rings. The molecule has 0 radical (unpaired) electrons. The molecule has 2 rings (SSSR count). The fourth-order valence-corrected chi connectivity index (χ4v) is 1.78. The number of aryl methyl sites for hydroxylation is 1. The molecule has 2 N–H and O–H groups in total. The van der Waals surface area contributed by atoms with Crippen molar-refractivity contribution in [1.29, 1.82) is 0 Å². The fraction of sp³-hybridized carbons (Fsp3) is 0.111. The molecule has 0 unspecified atom stereocenters. The predicted molar refractivity (Wildman–Crippen MR) is 54.5 cm³/mol. The van der Waals surface area contributed by atoms with Gasteiger partial charge in [-0.3, -0.25) is 4.98 Å². The number of hydrogen-bond acceptors (Lipinski definition) is 4. The number of thiazole rings is 1. The molecule has 0 aliphatic heterocycles. The highest BCUT2D eigenvalue weighted by molar-refractivity contribution is 7.18. The van der Waals surface area contributed by atoms with Crippen LogP contribution in [0.5, 0.6) is 0 Å². The van der Waals surface area contributed by atoms with Crippen molar-refractivity contribution in [2.45, 2.75) is 6.92 Å². The molecular formula is C9H9N3S. The molecule has 2 heterocycles. The molecule has 0 spiro atoms. The van der Waals surface area contributed by atoms with Crippen LogP contribution in [0.3, 0.4) is 0 Å². The quantitative estimate of drug-likeness (QED) is 0.751. The van der Waals surface area contributed by atoms with Gasteiger partial charge in [0, 0.05) is 24.2 Å². The lowest BCUT2D eigenvalue weighted by Gasteiger charge is -1.96. The summed E-state index contributed by atoms with van der Waals surface area (Å²) in [7, 11) is 0. The van der Waals surface area contributed by atoms with Crippen LogP contribution in [0.1, 0.15) is 5.56 Å². The van der Waals surface area contributed by atoms with Gasteiger partial charge >= 0.3 is 0 Å². The highest BCUT2D eigenvalue weighted by atomic mass is 32.1. The third kappa shape index (κ3) is 1.67. The number of hydrogen-bond donors (Lipinski definition) is 1. The van der Waals surface area contributed by atoms with Crippen LogP contribution >= 0.6 is 11.3 Å². The van der Waals surface area contributed by atoms with Gasteiger partial charge in [0.05, 0.1) is 4.88 Å². The van der Waals surface area contributed by atoms with E-state index in [1.54, 1.807) is 6.20 Å². The SMILES string of the molecule is Cc1cncc(-c2cnc(N)s2)c1. The summed E-state index contributed by atoms with van der Waals surface area (Å²) in [6.45, 7) is 2.01. The number of pyridine rings is 1. The van der Waals surface area contributed by atoms with E-state index in [1.807, 2.05) is 19.3 Å². The van der Waals surface area contributed by atoms with Gasteiger partial charge in [-0.05, 0) is 18.6 Å². The number of nitrogens with two attached hydrogens (primary N) is 1. The van der Waals surface area contributed by atoms with Crippen molar-refractivity contribution in [3.8, 4) is 10.4 Å². The second-order valence-electron chi connectivity index (χ2n) is 2.81. The Morgan fingerprint density at radius 3 is 2.77 bits per heavy atom. The highest BCUT2D eigenvalue weighted by Crippen LogP contribution is 2.26. The van der Waals surface area contributed by atoms with Crippen molar-refractivity contribution in [3.05, 3.63) is 30.2 Å². The summed E-state index contributed by atoms with van der Waals surface area (Å²) in [6.07, 6.45) is 5.42. The molecule has 66 valence electrons. The van der Waals surface area contributed by atoms with Gasteiger partial charge in [-0.1, -0.05) is 11.3 Å². The highest BCUT2D eigenvalue weighted by Gasteiger charge is 2.01. The minimum Gasteiger partial charge on any atom is -0.375 e. The lowest BCUT2D eigenvalue weighted by atomic mass is 10.2. The van der Waals surface area contributed by atoms with Gasteiger partial charge in [0.2, 0.25) is 0 Å². The predicted octanol–water partition coefficient (Wildman–Crippen LogP) is 2.10. The van der Waals surface area contributed by atoms with Gasteiger partial charge in [-0.2, -0.15) is 0 Å². The number of nitrogens with zero attached hydrogens (tertiary/aromatic N) is 2. The van der Waals surface area contributed by atoms with Gasteiger partial charge in [0.1, 0.15) is 0 Å². The average molecular weight is 191 g/mol. The van der Waals surface area contributed by atoms with Crippen LogP contribution in [0.4, 0.5) is 5.13 Å². The van der Waals surface area contributed by atoms with E-state index in [0.29, 0.717) is 5.13 Å². The van der Waals surface area contributed by atoms with E-state index >= 15 is 0 Å². The first-order valence-corrected chi connectivity index (χ1v) is 4.70. The summed E-state index contributed by atoms with van der Waals surface area (Å²) in [5.74, 6) is 0. The summed E-state index contributed by atoms with van der Waals surface area (Å²) >= 11 is 1.48. The van der Waals surface area contributed by atoms with Gasteiger partial charge in [0.25, 0.3) is 0 Å². The van der Waals surface area contributed by atoms with Crippen molar-refractivity contribution < 1.29 is 0 Å². The smallest absolute Gasteiger partial charge is 0.180 e. The molecule has 0 aliphatic rings. The Morgan fingerprint density at radius 2 is 2.15 bits per heavy atom. The minimum absolute atomic E-state index is 0.594. The molecule has 4 heteroatoms. The van der Waals surface area contributed by atoms with Crippen LogP contribution in [0.2, 0.25) is 0 Å². The topological polar surface area (TPSA) is 51.8 Å². The molecule has 0 amide bonds. The van der Waals surface area contributed by atoms with Crippen LogP contribution in [-0.4, -0.2) is 9.97 Å². The monoisotopic (exact) mass is 191 g/mol. The maximum atomic E-state index is 5.54. The fourth-order valence-electron chi connectivity index (χ4n) is 1.11. The van der Waals surface area contributed by atoms with Gasteiger partial charge in [-0.25, -0.2) is 4.98 Å². The average Bonchev–Trinajstić information content (AvgIpc) is 2.52. The maximum Gasteiger partial charge on any atom is 0.180 e. The molecular weight excluding hydrogens is 182 g/mol. The first-order valence-electron chi connectivity index (χ1n) is 3.89. The molecule has 0 atom stereocenters. The zero-order chi connectivity index (χ0) is 9.26. The normalized spacial score (nSPS) is 10.2. The van der Waals surface area contributed by atoms with Crippen LogP contribution in [-0.2, 0) is 0 Å². The minimum atomic E-state index is 0.594. The third-order valence-corrected chi connectivity index (χ3v) is 2.56. The Kier molecular flexibility index (Phi) is 1.98. The molecule has 0 bridgehead atoms. The Balaban J connectivity index is 2.46. The molecule has 0 aliphatic carbocycles. The van der Waals surface area contributed by atoms with Crippen molar-refractivity contribution >= 4 is 16.5 Å². The van der Waals surface area contributed by atoms with Crippen LogP contribution in [0.15, 0.2) is 24.7 Å². The largest absolute Gasteiger partial charge is 0.375 e. The first-order chi connectivity index (χ1) is 6.25. The van der Waals surface area contributed by atoms with E-state index in [-0.39, 0.29) is 0 Å². The lowest BCUT2D eigenvalue weighted by molar-refractivity contribution is 1.27. The summed E-state index contributed by atoms with van der Waals surface area (Å²) in [6, 6.07) is 2.07. The first kappa shape index (κ1) is 8.19. The van der Waals surface area contributed by atoms with Crippen LogP contribution in [0.25, 0.3) is 10.4 Å². The van der Waals surface area contributed by atoms with E-state index in [2.05, 4.69) is 16.0 Å². The van der Waals surface area contributed by atoms with Crippen molar-refractivity contribution in [3.63, 3.8) is 0 Å². The summed E-state index contributed by atoms with van der Waals surface area (Å²) in [4.78, 5) is 9.16. The van der Waals surface area contributed by atoms with Gasteiger partial charge in [0.15, 0.2) is 5.13 Å². The van der Waals surface area contributed by atoms with E-state index < -0.39 is 0 Å². The van der Waals surface area contributed by atoms with Crippen molar-refractivity contribution in [1.82, 2.24) is 9.97 Å². The third-order valence-electron chi connectivity index (χ3n) is 1.68. The van der Waals surface area contributed by atoms with Crippen molar-refractivity contribution in [2.75, 3.05) is 5.73 Å². The van der Waals surface area contributed by atoms with E-state index in [1.165, 1.54) is 11.3 Å². The van der Waals surface area contributed by atoms with Crippen LogP contribution in [0, 0.1) is 6.92 Å². The molecule has 2 aromatic rings. The molecule has 0 saturated carbocycles. The second kappa shape index (κ2) is 3.14. The van der Waals surface area contributed by atoms with E-state index in [0.717, 1.165) is 16.0 Å². The summed E-state index contributed by atoms with van der Waals surface area (Å²) < 4.78 is 0. The van der Waals surface area contributed by atoms with E-state index in [9.17, 15) is 0 Å². The zero-order valence-electron chi connectivity index (χ0n) is 7.19. The molecule has 13 heavy (non-hydrogen) atoms. The number of anilines is 1. The summed E-state index contributed by atoms with van der Waals surface area (Å²) in [5.41, 5.74) is 7.76. The second-order valence-corrected chi connectivity index (χ2v) is 3.88. The van der Waals surface area contributed by atoms with Gasteiger partial charge < -0.3 is 5.73 Å². The molecule has 0 aromatic carbocycles. The number of aromatic nitrogens is 2. The molecule has 2 aromatic heterocycles. The van der Waals surface area contributed by atoms with Crippen molar-refractivity contribution in [2.24, 2.45) is 0 Å². The number of rotatable bonds is 1. The lowest BCUT2D eigenvalue weighted by Crippen LogP contribution is -1.78. The molecule has 0 saturated heterocycles. The maximum absolute atomic E-state index is 5.54. The standard InChI is InChI=1S/C9H9N3S/c1-6-2-7(4-11-3-6)8-5-12-9(10)13-8/h2-5H,1H3,(H2,10,12). The number of nitrogen functional groups attached to an aromatic ring is 1. The Hall–Kier alpha value is -1.42. The molecule has 3 nitrogen and oxygen atoms in total. The van der Waals surface area contributed by atoms with E-state index in [4.69, 9.17) is 5.73 Å². The van der Waals surface area contributed by atoms with Gasteiger partial charge in [-0.15, -0.1) is 0 Å². The Morgan fingerprint density at radius 1 is 1.31 bits per heavy atom. The van der Waals surface area contributed by atoms with Crippen LogP contribution < -0.4 is 5.73 Å².